The van der Waals surface area contributed by atoms with Crippen LogP contribution < -0.4 is 10.1 Å². The van der Waals surface area contributed by atoms with Crippen LogP contribution >= 0.6 is 0 Å². The first-order chi connectivity index (χ1) is 9.71. The van der Waals surface area contributed by atoms with Gasteiger partial charge in [0.15, 0.2) is 6.61 Å². The summed E-state index contributed by atoms with van der Waals surface area (Å²) in [7, 11) is 3.12. The topological polar surface area (TPSA) is 80.6 Å². The van der Waals surface area contributed by atoms with Crippen LogP contribution in [-0.2, 0) is 14.3 Å². The molecule has 0 aliphatic heterocycles. The molecule has 0 bridgehead atoms. The van der Waals surface area contributed by atoms with E-state index < -0.39 is 0 Å². The molecule has 20 heavy (non-hydrogen) atoms. The minimum absolute atomic E-state index is 0.151. The van der Waals surface area contributed by atoms with E-state index in [-0.39, 0.29) is 18.6 Å². The average molecular weight is 278 g/mol. The van der Waals surface area contributed by atoms with Crippen molar-refractivity contribution in [3.05, 3.63) is 29.8 Å². The summed E-state index contributed by atoms with van der Waals surface area (Å²) in [6, 6.07) is 8.76. The van der Waals surface area contributed by atoms with Gasteiger partial charge in [-0.25, -0.2) is 0 Å². The number of carbonyl (C=O) groups excluding carboxylic acids is 1. The van der Waals surface area contributed by atoms with E-state index in [1.54, 1.807) is 38.5 Å². The fourth-order valence-corrected chi connectivity index (χ4v) is 1.50. The highest BCUT2D eigenvalue weighted by molar-refractivity contribution is 5.77. The number of hydrogen-bond donors (Lipinski definition) is 1. The lowest BCUT2D eigenvalue weighted by molar-refractivity contribution is -0.123. The molecule has 0 aliphatic rings. The zero-order chi connectivity index (χ0) is 14.8. The highest BCUT2D eigenvalue weighted by atomic mass is 16.5. The van der Waals surface area contributed by atoms with Crippen LogP contribution in [0.25, 0.3) is 0 Å². The van der Waals surface area contributed by atoms with Crippen molar-refractivity contribution in [2.45, 2.75) is 6.10 Å². The number of nitrogens with one attached hydrogen (secondary N) is 1. The van der Waals surface area contributed by atoms with Crippen LogP contribution in [0, 0.1) is 11.3 Å². The molecule has 1 aromatic rings. The van der Waals surface area contributed by atoms with Crippen molar-refractivity contribution in [2.24, 2.45) is 0 Å². The molecule has 1 N–H and O–H groups in total. The smallest absolute Gasteiger partial charge is 0.258 e. The minimum Gasteiger partial charge on any atom is -0.482 e. The van der Waals surface area contributed by atoms with E-state index in [2.05, 4.69) is 5.32 Å². The first kappa shape index (κ1) is 16.0. The van der Waals surface area contributed by atoms with Gasteiger partial charge in [0.25, 0.3) is 5.91 Å². The van der Waals surface area contributed by atoms with E-state index in [1.807, 2.05) is 6.07 Å². The third kappa shape index (κ3) is 5.26. The number of hydrogen-bond acceptors (Lipinski definition) is 5. The second kappa shape index (κ2) is 8.91. The second-order valence-corrected chi connectivity index (χ2v) is 4.01. The third-order valence-corrected chi connectivity index (χ3v) is 2.58. The summed E-state index contributed by atoms with van der Waals surface area (Å²) in [6.45, 7) is 0.587. The normalized spacial score (nSPS) is 11.4. The quantitative estimate of drug-likeness (QED) is 0.757. The van der Waals surface area contributed by atoms with Crippen molar-refractivity contribution in [1.82, 2.24) is 5.32 Å². The van der Waals surface area contributed by atoms with Crippen molar-refractivity contribution in [2.75, 3.05) is 34.0 Å². The second-order valence-electron chi connectivity index (χ2n) is 4.01. The molecule has 1 atom stereocenters. The Balaban J connectivity index is 2.38. The van der Waals surface area contributed by atoms with E-state index in [0.29, 0.717) is 24.5 Å². The summed E-state index contributed by atoms with van der Waals surface area (Å²) in [6.07, 6.45) is -0.199. The molecule has 0 aliphatic carbocycles. The summed E-state index contributed by atoms with van der Waals surface area (Å²) < 4.78 is 15.4. The molecule has 0 spiro atoms. The summed E-state index contributed by atoms with van der Waals surface area (Å²) >= 11 is 0. The lowest BCUT2D eigenvalue weighted by Gasteiger charge is -2.15. The van der Waals surface area contributed by atoms with Gasteiger partial charge in [0.2, 0.25) is 0 Å². The van der Waals surface area contributed by atoms with Gasteiger partial charge in [-0.15, -0.1) is 0 Å². The van der Waals surface area contributed by atoms with Gasteiger partial charge in [-0.3, -0.25) is 4.79 Å². The van der Waals surface area contributed by atoms with E-state index in [4.69, 9.17) is 19.5 Å². The standard InChI is InChI=1S/C14H18N2O4/c1-18-9-12(19-2)8-16-14(17)10-20-13-6-4-3-5-11(13)7-15/h3-6,12H,8-10H2,1-2H3,(H,16,17). The number of carbonyl (C=O) groups is 1. The molecule has 0 aromatic heterocycles. The highest BCUT2D eigenvalue weighted by Crippen LogP contribution is 2.15. The first-order valence-corrected chi connectivity index (χ1v) is 6.11. The largest absolute Gasteiger partial charge is 0.482 e. The van der Waals surface area contributed by atoms with Gasteiger partial charge in [0.1, 0.15) is 11.8 Å². The molecule has 1 aromatic carbocycles. The molecule has 1 unspecified atom stereocenters. The minimum atomic E-state index is -0.282. The van der Waals surface area contributed by atoms with Crippen LogP contribution in [-0.4, -0.2) is 46.0 Å². The van der Waals surface area contributed by atoms with Crippen LogP contribution in [0.5, 0.6) is 5.75 Å². The number of methoxy groups -OCH3 is 2. The summed E-state index contributed by atoms with van der Waals surface area (Å²) in [5, 5.41) is 11.6. The Morgan fingerprint density at radius 1 is 1.40 bits per heavy atom. The lowest BCUT2D eigenvalue weighted by atomic mass is 10.2. The summed E-state index contributed by atoms with van der Waals surface area (Å²) in [4.78, 5) is 11.6. The molecule has 0 saturated heterocycles. The molecule has 6 heteroatoms. The molecule has 0 heterocycles. The van der Waals surface area contributed by atoms with Crippen LogP contribution in [0.3, 0.4) is 0 Å². The van der Waals surface area contributed by atoms with E-state index in [1.165, 1.54) is 0 Å². The number of benzene rings is 1. The molecule has 108 valence electrons. The maximum Gasteiger partial charge on any atom is 0.258 e. The molecule has 0 saturated carbocycles. The zero-order valence-electron chi connectivity index (χ0n) is 11.6. The van der Waals surface area contributed by atoms with E-state index in [0.717, 1.165) is 0 Å². The van der Waals surface area contributed by atoms with Gasteiger partial charge in [-0.1, -0.05) is 12.1 Å². The van der Waals surface area contributed by atoms with Gasteiger partial charge in [0.05, 0.1) is 18.3 Å². The monoisotopic (exact) mass is 278 g/mol. The number of amides is 1. The summed E-state index contributed by atoms with van der Waals surface area (Å²) in [5.41, 5.74) is 0.398. The maximum atomic E-state index is 11.6. The number of nitriles is 1. The van der Waals surface area contributed by atoms with Gasteiger partial charge in [0, 0.05) is 20.8 Å². The van der Waals surface area contributed by atoms with Gasteiger partial charge < -0.3 is 19.5 Å². The van der Waals surface area contributed by atoms with Crippen molar-refractivity contribution in [3.8, 4) is 11.8 Å². The van der Waals surface area contributed by atoms with Crippen molar-refractivity contribution < 1.29 is 19.0 Å². The molecular formula is C14H18N2O4. The number of rotatable bonds is 8. The Morgan fingerprint density at radius 2 is 2.15 bits per heavy atom. The van der Waals surface area contributed by atoms with Crippen molar-refractivity contribution in [1.29, 1.82) is 5.26 Å². The highest BCUT2D eigenvalue weighted by Gasteiger charge is 2.10. The van der Waals surface area contributed by atoms with Crippen LogP contribution in [0.15, 0.2) is 24.3 Å². The number of para-hydroxylation sites is 1. The fourth-order valence-electron chi connectivity index (χ4n) is 1.50. The maximum absolute atomic E-state index is 11.6. The Kier molecular flexibility index (Phi) is 7.11. The van der Waals surface area contributed by atoms with Crippen LogP contribution in [0.2, 0.25) is 0 Å². The predicted octanol–water partition coefficient (Wildman–Crippen LogP) is 0.715. The molecule has 6 nitrogen and oxygen atoms in total. The van der Waals surface area contributed by atoms with Crippen LogP contribution in [0.1, 0.15) is 5.56 Å². The van der Waals surface area contributed by atoms with E-state index >= 15 is 0 Å². The van der Waals surface area contributed by atoms with Crippen molar-refractivity contribution >= 4 is 5.91 Å². The molecule has 0 fully saturated rings. The first-order valence-electron chi connectivity index (χ1n) is 6.11. The van der Waals surface area contributed by atoms with Crippen LogP contribution in [0.4, 0.5) is 0 Å². The molecule has 1 amide bonds. The Hall–Kier alpha value is -2.10. The third-order valence-electron chi connectivity index (χ3n) is 2.58. The van der Waals surface area contributed by atoms with Gasteiger partial charge in [-0.2, -0.15) is 5.26 Å². The lowest BCUT2D eigenvalue weighted by Crippen LogP contribution is -2.38. The predicted molar refractivity (Wildman–Crippen MR) is 72.3 cm³/mol. The van der Waals surface area contributed by atoms with Gasteiger partial charge >= 0.3 is 0 Å². The zero-order valence-corrected chi connectivity index (χ0v) is 11.6. The summed E-state index contributed by atoms with van der Waals surface area (Å²) in [5.74, 6) is 0.112. The fraction of sp³-hybridized carbons (Fsp3) is 0.429. The van der Waals surface area contributed by atoms with Crippen molar-refractivity contribution in [3.63, 3.8) is 0 Å². The van der Waals surface area contributed by atoms with E-state index in [9.17, 15) is 4.79 Å². The SMILES string of the molecule is COCC(CNC(=O)COc1ccccc1C#N)OC. The average Bonchev–Trinajstić information content (AvgIpc) is 2.49. The number of ether oxygens (including phenoxy) is 3. The Bertz CT molecular complexity index is 470. The molecular weight excluding hydrogens is 260 g/mol. The molecule has 1 rings (SSSR count). The molecule has 0 radical (unpaired) electrons. The number of nitrogens with zero attached hydrogens (tertiary/aromatic N) is 1. The Morgan fingerprint density at radius 3 is 2.80 bits per heavy atom. The van der Waals surface area contributed by atoms with Gasteiger partial charge in [-0.05, 0) is 12.1 Å². The Labute approximate surface area is 118 Å².